The molecule has 0 saturated carbocycles. The quantitative estimate of drug-likeness (QED) is 0.849. The van der Waals surface area contributed by atoms with Crippen molar-refractivity contribution in [2.75, 3.05) is 7.11 Å². The van der Waals surface area contributed by atoms with E-state index in [0.717, 1.165) is 5.56 Å². The summed E-state index contributed by atoms with van der Waals surface area (Å²) in [5.41, 5.74) is 0.879. The number of rotatable bonds is 5. The predicted octanol–water partition coefficient (Wildman–Crippen LogP) is 2.49. The standard InChI is InChI=1S/C12H13ClN2O3S/c1-8-14-12(15-18-8)7-19(16)6-9-3-4-11(17-2)10(13)5-9/h3-5H,6-7H2,1-2H3/t19-/m1/s1. The van der Waals surface area contributed by atoms with Gasteiger partial charge in [0.25, 0.3) is 0 Å². The Labute approximate surface area is 118 Å². The van der Waals surface area contributed by atoms with Crippen molar-refractivity contribution in [2.45, 2.75) is 18.4 Å². The van der Waals surface area contributed by atoms with Gasteiger partial charge < -0.3 is 9.26 Å². The Morgan fingerprint density at radius 1 is 1.42 bits per heavy atom. The number of hydrogen-bond acceptors (Lipinski definition) is 5. The Bertz CT molecular complexity index is 600. The lowest BCUT2D eigenvalue weighted by atomic mass is 10.2. The summed E-state index contributed by atoms with van der Waals surface area (Å²) in [5.74, 6) is 2.18. The lowest BCUT2D eigenvalue weighted by Gasteiger charge is -2.05. The van der Waals surface area contributed by atoms with Crippen LogP contribution in [0.3, 0.4) is 0 Å². The molecule has 0 aliphatic heterocycles. The number of nitrogens with zero attached hydrogens (tertiary/aromatic N) is 2. The Hall–Kier alpha value is -1.40. The normalized spacial score (nSPS) is 12.4. The molecule has 0 amide bonds. The zero-order valence-corrected chi connectivity index (χ0v) is 12.1. The minimum absolute atomic E-state index is 0.265. The van der Waals surface area contributed by atoms with Crippen LogP contribution in [-0.4, -0.2) is 21.5 Å². The fourth-order valence-electron chi connectivity index (χ4n) is 1.58. The summed E-state index contributed by atoms with van der Waals surface area (Å²) in [5, 5.41) is 4.22. The molecular weight excluding hydrogens is 288 g/mol. The lowest BCUT2D eigenvalue weighted by molar-refractivity contribution is 0.389. The maximum Gasteiger partial charge on any atom is 0.223 e. The van der Waals surface area contributed by atoms with Crippen LogP contribution in [0.4, 0.5) is 0 Å². The molecule has 0 spiro atoms. The van der Waals surface area contributed by atoms with Crippen LogP contribution in [0.5, 0.6) is 5.75 Å². The number of ether oxygens (including phenoxy) is 1. The number of halogens is 1. The first kappa shape index (κ1) is 14.0. The molecule has 7 heteroatoms. The number of methoxy groups -OCH3 is 1. The van der Waals surface area contributed by atoms with Gasteiger partial charge in [-0.15, -0.1) is 0 Å². The van der Waals surface area contributed by atoms with E-state index in [1.807, 2.05) is 6.07 Å². The molecule has 0 saturated heterocycles. The van der Waals surface area contributed by atoms with E-state index in [9.17, 15) is 4.21 Å². The molecule has 102 valence electrons. The summed E-state index contributed by atoms with van der Waals surface area (Å²) in [7, 11) is 0.443. The van der Waals surface area contributed by atoms with E-state index in [0.29, 0.717) is 28.2 Å². The fraction of sp³-hybridized carbons (Fsp3) is 0.333. The summed E-state index contributed by atoms with van der Waals surface area (Å²) >= 11 is 6.01. The van der Waals surface area contributed by atoms with Crippen LogP contribution in [0.25, 0.3) is 0 Å². The molecule has 0 aliphatic rings. The molecule has 2 aromatic rings. The fourth-order valence-corrected chi connectivity index (χ4v) is 2.92. The van der Waals surface area contributed by atoms with Gasteiger partial charge in [-0.3, -0.25) is 4.21 Å². The van der Waals surface area contributed by atoms with Gasteiger partial charge in [-0.25, -0.2) is 0 Å². The van der Waals surface area contributed by atoms with E-state index in [4.69, 9.17) is 20.9 Å². The minimum Gasteiger partial charge on any atom is -0.495 e. The summed E-state index contributed by atoms with van der Waals surface area (Å²) in [6.45, 7) is 1.70. The third-order valence-electron chi connectivity index (χ3n) is 2.40. The topological polar surface area (TPSA) is 65.2 Å². The summed E-state index contributed by atoms with van der Waals surface area (Å²) in [6.07, 6.45) is 0. The monoisotopic (exact) mass is 300 g/mol. The van der Waals surface area contributed by atoms with Crippen molar-refractivity contribution in [1.29, 1.82) is 0 Å². The van der Waals surface area contributed by atoms with Crippen LogP contribution in [0.2, 0.25) is 5.02 Å². The largest absolute Gasteiger partial charge is 0.495 e. The van der Waals surface area contributed by atoms with Crippen molar-refractivity contribution in [1.82, 2.24) is 10.1 Å². The Kier molecular flexibility index (Phi) is 4.55. The van der Waals surface area contributed by atoms with Gasteiger partial charge in [-0.05, 0) is 17.7 Å². The molecule has 19 heavy (non-hydrogen) atoms. The maximum atomic E-state index is 12.0. The molecule has 1 aromatic carbocycles. The Morgan fingerprint density at radius 3 is 2.79 bits per heavy atom. The molecule has 0 unspecified atom stereocenters. The Balaban J connectivity index is 2.00. The van der Waals surface area contributed by atoms with E-state index >= 15 is 0 Å². The van der Waals surface area contributed by atoms with E-state index < -0.39 is 10.8 Å². The molecular formula is C12H13ClN2O3S. The summed E-state index contributed by atoms with van der Waals surface area (Å²) < 4.78 is 21.9. The summed E-state index contributed by atoms with van der Waals surface area (Å²) in [6, 6.07) is 5.34. The molecule has 0 aliphatic carbocycles. The van der Waals surface area contributed by atoms with Gasteiger partial charge in [0.1, 0.15) is 5.75 Å². The van der Waals surface area contributed by atoms with E-state index in [2.05, 4.69) is 10.1 Å². The first-order valence-electron chi connectivity index (χ1n) is 5.55. The SMILES string of the molecule is COc1ccc(C[S@@](=O)Cc2noc(C)n2)cc1Cl. The highest BCUT2D eigenvalue weighted by Crippen LogP contribution is 2.25. The van der Waals surface area contributed by atoms with E-state index in [1.54, 1.807) is 26.2 Å². The van der Waals surface area contributed by atoms with Crippen molar-refractivity contribution in [3.8, 4) is 5.75 Å². The van der Waals surface area contributed by atoms with Crippen LogP contribution in [0.1, 0.15) is 17.3 Å². The third kappa shape index (κ3) is 3.78. The highest BCUT2D eigenvalue weighted by Gasteiger charge is 2.10. The second-order valence-electron chi connectivity index (χ2n) is 3.93. The van der Waals surface area contributed by atoms with Crippen molar-refractivity contribution in [3.05, 3.63) is 40.5 Å². The van der Waals surface area contributed by atoms with Crippen LogP contribution in [0.15, 0.2) is 22.7 Å². The van der Waals surface area contributed by atoms with Crippen molar-refractivity contribution in [2.24, 2.45) is 0 Å². The maximum absolute atomic E-state index is 12.0. The third-order valence-corrected chi connectivity index (χ3v) is 3.93. The molecule has 0 bridgehead atoms. The van der Waals surface area contributed by atoms with E-state index in [1.165, 1.54) is 0 Å². The van der Waals surface area contributed by atoms with Crippen molar-refractivity contribution >= 4 is 22.4 Å². The average molecular weight is 301 g/mol. The van der Waals surface area contributed by atoms with Gasteiger partial charge in [-0.2, -0.15) is 4.98 Å². The molecule has 0 N–H and O–H groups in total. The average Bonchev–Trinajstić information content (AvgIpc) is 2.74. The number of aryl methyl sites for hydroxylation is 1. The van der Waals surface area contributed by atoms with Gasteiger partial charge in [0.15, 0.2) is 5.82 Å². The predicted molar refractivity (Wildman–Crippen MR) is 72.6 cm³/mol. The van der Waals surface area contributed by atoms with Gasteiger partial charge >= 0.3 is 0 Å². The number of hydrogen-bond donors (Lipinski definition) is 0. The molecule has 5 nitrogen and oxygen atoms in total. The first-order chi connectivity index (χ1) is 9.08. The molecule has 0 fully saturated rings. The molecule has 2 rings (SSSR count). The summed E-state index contributed by atoms with van der Waals surface area (Å²) in [4.78, 5) is 4.02. The number of aromatic nitrogens is 2. The smallest absolute Gasteiger partial charge is 0.223 e. The highest BCUT2D eigenvalue weighted by molar-refractivity contribution is 7.83. The van der Waals surface area contributed by atoms with Gasteiger partial charge in [0, 0.05) is 23.5 Å². The van der Waals surface area contributed by atoms with Crippen LogP contribution in [-0.2, 0) is 22.3 Å². The molecule has 0 radical (unpaired) electrons. The van der Waals surface area contributed by atoms with Crippen LogP contribution in [0, 0.1) is 6.92 Å². The molecule has 1 heterocycles. The zero-order chi connectivity index (χ0) is 13.8. The molecule has 1 aromatic heterocycles. The number of benzene rings is 1. The lowest BCUT2D eigenvalue weighted by Crippen LogP contribution is -2.01. The van der Waals surface area contributed by atoms with Gasteiger partial charge in [0.05, 0.1) is 17.9 Å². The highest BCUT2D eigenvalue weighted by atomic mass is 35.5. The molecule has 1 atom stereocenters. The minimum atomic E-state index is -1.11. The van der Waals surface area contributed by atoms with Crippen molar-refractivity contribution < 1.29 is 13.5 Å². The van der Waals surface area contributed by atoms with E-state index in [-0.39, 0.29) is 5.75 Å². The van der Waals surface area contributed by atoms with Gasteiger partial charge in [0.2, 0.25) is 5.89 Å². The zero-order valence-electron chi connectivity index (χ0n) is 10.6. The second kappa shape index (κ2) is 6.16. The van der Waals surface area contributed by atoms with Crippen LogP contribution >= 0.6 is 11.6 Å². The van der Waals surface area contributed by atoms with Gasteiger partial charge in [-0.1, -0.05) is 22.8 Å². The van der Waals surface area contributed by atoms with Crippen LogP contribution < -0.4 is 4.74 Å². The Morgan fingerprint density at radius 2 is 2.21 bits per heavy atom. The van der Waals surface area contributed by atoms with Crippen molar-refractivity contribution in [3.63, 3.8) is 0 Å². The second-order valence-corrected chi connectivity index (χ2v) is 5.79. The first-order valence-corrected chi connectivity index (χ1v) is 7.41.